The van der Waals surface area contributed by atoms with Gasteiger partial charge in [-0.3, -0.25) is 14.2 Å². The lowest BCUT2D eigenvalue weighted by atomic mass is 10.1. The molecule has 0 bridgehead atoms. The van der Waals surface area contributed by atoms with E-state index in [4.69, 9.17) is 0 Å². The second-order valence-corrected chi connectivity index (χ2v) is 7.00. The summed E-state index contributed by atoms with van der Waals surface area (Å²) >= 11 is 1.05. The molecule has 1 heterocycles. The van der Waals surface area contributed by atoms with Gasteiger partial charge in [-0.25, -0.2) is 0 Å². The molecule has 1 fully saturated rings. The van der Waals surface area contributed by atoms with Gasteiger partial charge in [-0.15, -0.1) is 0 Å². The van der Waals surface area contributed by atoms with E-state index in [1.54, 1.807) is 17.2 Å². The number of rotatable bonds is 5. The van der Waals surface area contributed by atoms with Gasteiger partial charge >= 0.3 is 11.0 Å². The number of alkyl halides is 3. The first-order chi connectivity index (χ1) is 11.8. The van der Waals surface area contributed by atoms with Gasteiger partial charge in [0.2, 0.25) is 5.91 Å². The van der Waals surface area contributed by atoms with Crippen LogP contribution in [0.5, 0.6) is 0 Å². The van der Waals surface area contributed by atoms with E-state index in [1.165, 1.54) is 16.7 Å². The average molecular weight is 370 g/mol. The number of halogens is 3. The van der Waals surface area contributed by atoms with Gasteiger partial charge in [0.1, 0.15) is 6.54 Å². The molecule has 25 heavy (non-hydrogen) atoms. The van der Waals surface area contributed by atoms with Crippen molar-refractivity contribution in [2.24, 2.45) is 0 Å². The summed E-state index contributed by atoms with van der Waals surface area (Å²) in [6.07, 6.45) is -2.62. The minimum atomic E-state index is -4.37. The molecule has 8 heteroatoms. The van der Waals surface area contributed by atoms with Gasteiger partial charge < -0.3 is 4.90 Å². The lowest BCUT2D eigenvalue weighted by Crippen LogP contribution is -2.37. The summed E-state index contributed by atoms with van der Waals surface area (Å²) in [5.41, 5.74) is 0.664. The van der Waals surface area contributed by atoms with E-state index in [0.29, 0.717) is 5.56 Å². The van der Waals surface area contributed by atoms with E-state index in [2.05, 4.69) is 0 Å². The summed E-state index contributed by atoms with van der Waals surface area (Å²) in [7, 11) is 0. The Hall–Kier alpha value is -2.09. The summed E-state index contributed by atoms with van der Waals surface area (Å²) in [6.45, 7) is 1.98. The highest BCUT2D eigenvalue weighted by molar-refractivity contribution is 7.07. The third-order valence-electron chi connectivity index (χ3n) is 4.21. The second-order valence-electron chi connectivity index (χ2n) is 6.18. The maximum atomic E-state index is 12.6. The summed E-state index contributed by atoms with van der Waals surface area (Å²) in [6, 6.07) is 4.95. The Morgan fingerprint density at radius 2 is 1.92 bits per heavy atom. The summed E-state index contributed by atoms with van der Waals surface area (Å²) in [5.74, 6) is -0.189. The lowest BCUT2D eigenvalue weighted by molar-refractivity contribution is -0.137. The molecule has 1 aromatic heterocycles. The predicted octanol–water partition coefficient (Wildman–Crippen LogP) is 3.43. The quantitative estimate of drug-likeness (QED) is 0.809. The van der Waals surface area contributed by atoms with Crippen molar-refractivity contribution < 1.29 is 18.0 Å². The fourth-order valence-electron chi connectivity index (χ4n) is 2.63. The van der Waals surface area contributed by atoms with Gasteiger partial charge in [0.05, 0.1) is 5.56 Å². The Bertz CT molecular complexity index is 820. The van der Waals surface area contributed by atoms with Crippen molar-refractivity contribution in [3.05, 3.63) is 56.1 Å². The van der Waals surface area contributed by atoms with Crippen LogP contribution in [0.2, 0.25) is 0 Å². The SMILES string of the molecule is Cc1csc(=O)n1CC(=O)N(Cc1ccc(C(F)(F)F)cc1)C1CC1. The van der Waals surface area contributed by atoms with Crippen molar-refractivity contribution in [2.45, 2.75) is 45.1 Å². The zero-order valence-corrected chi connectivity index (χ0v) is 14.4. The molecule has 0 N–H and O–H groups in total. The maximum Gasteiger partial charge on any atom is 0.416 e. The Kier molecular flexibility index (Phi) is 4.73. The van der Waals surface area contributed by atoms with Gasteiger partial charge in [0, 0.05) is 23.7 Å². The van der Waals surface area contributed by atoms with Crippen LogP contribution in [-0.2, 0) is 24.1 Å². The van der Waals surface area contributed by atoms with E-state index in [1.807, 2.05) is 0 Å². The predicted molar refractivity (Wildman–Crippen MR) is 88.3 cm³/mol. The molecule has 1 aliphatic rings. The van der Waals surface area contributed by atoms with Gasteiger partial charge in [-0.1, -0.05) is 23.5 Å². The number of aromatic nitrogens is 1. The van der Waals surface area contributed by atoms with Crippen molar-refractivity contribution in [2.75, 3.05) is 0 Å². The van der Waals surface area contributed by atoms with Crippen LogP contribution in [0.3, 0.4) is 0 Å². The third-order valence-corrected chi connectivity index (χ3v) is 5.09. The molecule has 1 saturated carbocycles. The molecule has 4 nitrogen and oxygen atoms in total. The molecule has 1 aromatic carbocycles. The molecule has 0 radical (unpaired) electrons. The number of hydrogen-bond acceptors (Lipinski definition) is 3. The van der Waals surface area contributed by atoms with Crippen LogP contribution in [0.4, 0.5) is 13.2 Å². The number of amides is 1. The van der Waals surface area contributed by atoms with Crippen LogP contribution in [0.25, 0.3) is 0 Å². The number of hydrogen-bond donors (Lipinski definition) is 0. The van der Waals surface area contributed by atoms with E-state index in [-0.39, 0.29) is 29.9 Å². The Labute approximate surface area is 146 Å². The van der Waals surface area contributed by atoms with Crippen LogP contribution in [0.15, 0.2) is 34.4 Å². The highest BCUT2D eigenvalue weighted by atomic mass is 32.1. The molecule has 0 spiro atoms. The molecule has 1 aliphatic carbocycles. The fourth-order valence-corrected chi connectivity index (χ4v) is 3.36. The molecule has 0 unspecified atom stereocenters. The monoisotopic (exact) mass is 370 g/mol. The minimum absolute atomic E-state index is 0.0364. The molecular weight excluding hydrogens is 353 g/mol. The topological polar surface area (TPSA) is 42.3 Å². The van der Waals surface area contributed by atoms with Gasteiger partial charge in [0.15, 0.2) is 0 Å². The first-order valence-electron chi connectivity index (χ1n) is 7.86. The number of benzene rings is 1. The molecule has 1 amide bonds. The van der Waals surface area contributed by atoms with E-state index < -0.39 is 11.7 Å². The first kappa shape index (κ1) is 17.7. The highest BCUT2D eigenvalue weighted by Gasteiger charge is 2.33. The van der Waals surface area contributed by atoms with Crippen molar-refractivity contribution in [3.63, 3.8) is 0 Å². The number of aryl methyl sites for hydroxylation is 1. The number of thiazole rings is 1. The normalized spacial score (nSPS) is 14.6. The van der Waals surface area contributed by atoms with Crippen LogP contribution < -0.4 is 4.87 Å². The van der Waals surface area contributed by atoms with Crippen LogP contribution >= 0.6 is 11.3 Å². The number of carbonyl (C=O) groups is 1. The maximum absolute atomic E-state index is 12.6. The average Bonchev–Trinajstić information content (AvgIpc) is 3.34. The van der Waals surface area contributed by atoms with E-state index >= 15 is 0 Å². The first-order valence-corrected chi connectivity index (χ1v) is 8.74. The second kappa shape index (κ2) is 6.67. The molecule has 3 rings (SSSR count). The zero-order valence-electron chi connectivity index (χ0n) is 13.5. The lowest BCUT2D eigenvalue weighted by Gasteiger charge is -2.23. The Morgan fingerprint density at radius 1 is 1.28 bits per heavy atom. The van der Waals surface area contributed by atoms with Crippen LogP contribution in [-0.4, -0.2) is 21.4 Å². The summed E-state index contributed by atoms with van der Waals surface area (Å²) in [5, 5.41) is 1.70. The largest absolute Gasteiger partial charge is 0.416 e. The summed E-state index contributed by atoms with van der Waals surface area (Å²) in [4.78, 5) is 25.9. The van der Waals surface area contributed by atoms with Crippen molar-refractivity contribution in [3.8, 4) is 0 Å². The fraction of sp³-hybridized carbons (Fsp3) is 0.412. The summed E-state index contributed by atoms with van der Waals surface area (Å²) < 4.78 is 39.3. The minimum Gasteiger partial charge on any atom is -0.334 e. The molecule has 0 saturated heterocycles. The molecular formula is C17H17F3N2O2S. The zero-order chi connectivity index (χ0) is 18.2. The van der Waals surface area contributed by atoms with Gasteiger partial charge in [0.25, 0.3) is 0 Å². The highest BCUT2D eigenvalue weighted by Crippen LogP contribution is 2.31. The molecule has 0 aliphatic heterocycles. The number of carbonyl (C=O) groups excluding carboxylic acids is 1. The molecule has 2 aromatic rings. The van der Waals surface area contributed by atoms with E-state index in [0.717, 1.165) is 42.0 Å². The number of nitrogens with zero attached hydrogens (tertiary/aromatic N) is 2. The van der Waals surface area contributed by atoms with Crippen LogP contribution in [0, 0.1) is 6.92 Å². The van der Waals surface area contributed by atoms with Gasteiger partial charge in [-0.05, 0) is 37.5 Å². The standard InChI is InChI=1S/C17H17F3N2O2S/c1-11-10-25-16(24)21(11)9-15(23)22(14-6-7-14)8-12-2-4-13(5-3-12)17(18,19)20/h2-5,10,14H,6-9H2,1H3. The third kappa shape index (κ3) is 4.12. The van der Waals surface area contributed by atoms with Crippen molar-refractivity contribution >= 4 is 17.2 Å². The van der Waals surface area contributed by atoms with E-state index in [9.17, 15) is 22.8 Å². The van der Waals surface area contributed by atoms with Gasteiger partial charge in [-0.2, -0.15) is 13.2 Å². The smallest absolute Gasteiger partial charge is 0.334 e. The Morgan fingerprint density at radius 3 is 2.40 bits per heavy atom. The van der Waals surface area contributed by atoms with Crippen molar-refractivity contribution in [1.82, 2.24) is 9.47 Å². The van der Waals surface area contributed by atoms with Crippen molar-refractivity contribution in [1.29, 1.82) is 0 Å². The Balaban J connectivity index is 1.73. The molecule has 134 valence electrons. The van der Waals surface area contributed by atoms with Crippen LogP contribution in [0.1, 0.15) is 29.7 Å². The molecule has 0 atom stereocenters.